The summed E-state index contributed by atoms with van der Waals surface area (Å²) in [6.07, 6.45) is 6.47. The van der Waals surface area contributed by atoms with Gasteiger partial charge in [0, 0.05) is 19.1 Å². The Labute approximate surface area is 124 Å². The summed E-state index contributed by atoms with van der Waals surface area (Å²) in [7, 11) is 4.20. The number of amides is 1. The molecule has 0 aliphatic heterocycles. The van der Waals surface area contributed by atoms with Crippen molar-refractivity contribution in [2.75, 3.05) is 27.2 Å². The molecule has 4 nitrogen and oxygen atoms in total. The molecule has 4 heteroatoms. The van der Waals surface area contributed by atoms with E-state index < -0.39 is 0 Å². The molecule has 0 aromatic heterocycles. The maximum absolute atomic E-state index is 12.5. The highest BCUT2D eigenvalue weighted by Crippen LogP contribution is 2.37. The van der Waals surface area contributed by atoms with Crippen LogP contribution in [-0.4, -0.2) is 44.0 Å². The predicted molar refractivity (Wildman–Crippen MR) is 84.5 cm³/mol. The van der Waals surface area contributed by atoms with Crippen LogP contribution in [0.2, 0.25) is 0 Å². The minimum atomic E-state index is -0.287. The molecule has 20 heavy (non-hydrogen) atoms. The number of hydrogen-bond donors (Lipinski definition) is 2. The summed E-state index contributed by atoms with van der Waals surface area (Å²) >= 11 is 0. The summed E-state index contributed by atoms with van der Waals surface area (Å²) in [5.41, 5.74) is 5.59. The van der Waals surface area contributed by atoms with Gasteiger partial charge in [-0.1, -0.05) is 39.5 Å². The number of nitrogens with one attached hydrogen (secondary N) is 1. The molecular formula is C16H33N3O. The lowest BCUT2D eigenvalue weighted by Crippen LogP contribution is -2.50. The molecule has 0 saturated heterocycles. The highest BCUT2D eigenvalue weighted by molar-refractivity contribution is 5.83. The van der Waals surface area contributed by atoms with Crippen LogP contribution in [0.25, 0.3) is 0 Å². The van der Waals surface area contributed by atoms with Gasteiger partial charge in [0.2, 0.25) is 5.91 Å². The average Bonchev–Trinajstić information content (AvgIpc) is 2.92. The van der Waals surface area contributed by atoms with Crippen molar-refractivity contribution in [3.05, 3.63) is 0 Å². The van der Waals surface area contributed by atoms with Crippen LogP contribution < -0.4 is 11.1 Å². The normalized spacial score (nSPS) is 19.6. The Kier molecular flexibility index (Phi) is 6.96. The molecule has 1 aliphatic carbocycles. The molecule has 1 fully saturated rings. The molecule has 0 bridgehead atoms. The first kappa shape index (κ1) is 17.4. The van der Waals surface area contributed by atoms with Gasteiger partial charge in [0.15, 0.2) is 0 Å². The fraction of sp³-hybridized carbons (Fsp3) is 0.938. The van der Waals surface area contributed by atoms with Crippen LogP contribution in [0.1, 0.15) is 52.4 Å². The standard InChI is InChI=1S/C16H33N3O/c1-5-13(6-2)14(19(3)4)11-18-15(20)16(12-17)9-7-8-10-16/h13-14H,5-12,17H2,1-4H3,(H,18,20). The number of carbonyl (C=O) groups excluding carboxylic acids is 1. The van der Waals surface area contributed by atoms with Gasteiger partial charge in [-0.25, -0.2) is 0 Å². The van der Waals surface area contributed by atoms with E-state index in [1.165, 1.54) is 0 Å². The summed E-state index contributed by atoms with van der Waals surface area (Å²) in [6, 6.07) is 0.408. The molecule has 1 rings (SSSR count). The molecule has 118 valence electrons. The van der Waals surface area contributed by atoms with Gasteiger partial charge in [0.05, 0.1) is 5.41 Å². The Morgan fingerprint density at radius 2 is 1.80 bits per heavy atom. The minimum absolute atomic E-state index is 0.176. The maximum Gasteiger partial charge on any atom is 0.227 e. The number of nitrogens with zero attached hydrogens (tertiary/aromatic N) is 1. The summed E-state index contributed by atoms with van der Waals surface area (Å²) < 4.78 is 0. The van der Waals surface area contributed by atoms with E-state index in [1.807, 2.05) is 0 Å². The van der Waals surface area contributed by atoms with Gasteiger partial charge < -0.3 is 16.0 Å². The van der Waals surface area contributed by atoms with E-state index in [9.17, 15) is 4.79 Å². The second kappa shape index (κ2) is 7.99. The predicted octanol–water partition coefficient (Wildman–Crippen LogP) is 1.99. The van der Waals surface area contributed by atoms with Crippen LogP contribution in [-0.2, 0) is 4.79 Å². The first-order chi connectivity index (χ1) is 9.50. The molecule has 0 heterocycles. The Bertz CT molecular complexity index is 294. The smallest absolute Gasteiger partial charge is 0.227 e. The average molecular weight is 283 g/mol. The lowest BCUT2D eigenvalue weighted by Gasteiger charge is -2.33. The van der Waals surface area contributed by atoms with Crippen molar-refractivity contribution < 1.29 is 4.79 Å². The van der Waals surface area contributed by atoms with Crippen molar-refractivity contribution in [2.24, 2.45) is 17.1 Å². The molecule has 0 spiro atoms. The molecule has 1 amide bonds. The summed E-state index contributed by atoms with van der Waals surface area (Å²) in [5.74, 6) is 0.804. The maximum atomic E-state index is 12.5. The van der Waals surface area contributed by atoms with E-state index in [-0.39, 0.29) is 11.3 Å². The Balaban J connectivity index is 2.60. The third-order valence-corrected chi connectivity index (χ3v) is 5.16. The second-order valence-corrected chi connectivity index (χ2v) is 6.51. The SMILES string of the molecule is CCC(CC)C(CNC(=O)C1(CN)CCCC1)N(C)C. The van der Waals surface area contributed by atoms with Crippen molar-refractivity contribution in [3.8, 4) is 0 Å². The molecule has 3 N–H and O–H groups in total. The van der Waals surface area contributed by atoms with Crippen LogP contribution in [0, 0.1) is 11.3 Å². The Hall–Kier alpha value is -0.610. The highest BCUT2D eigenvalue weighted by atomic mass is 16.2. The second-order valence-electron chi connectivity index (χ2n) is 6.51. The number of rotatable bonds is 8. The molecule has 1 aliphatic rings. The van der Waals surface area contributed by atoms with E-state index in [2.05, 4.69) is 38.2 Å². The number of hydrogen-bond acceptors (Lipinski definition) is 3. The van der Waals surface area contributed by atoms with E-state index in [0.29, 0.717) is 18.5 Å². The van der Waals surface area contributed by atoms with Crippen LogP contribution in [0.15, 0.2) is 0 Å². The molecule has 1 unspecified atom stereocenters. The summed E-state index contributed by atoms with van der Waals surface area (Å²) in [6.45, 7) is 5.67. The van der Waals surface area contributed by atoms with Crippen molar-refractivity contribution >= 4 is 5.91 Å². The van der Waals surface area contributed by atoms with Gasteiger partial charge in [-0.05, 0) is 32.9 Å². The van der Waals surface area contributed by atoms with E-state index >= 15 is 0 Å². The molecular weight excluding hydrogens is 250 g/mol. The quantitative estimate of drug-likeness (QED) is 0.716. The van der Waals surface area contributed by atoms with Crippen molar-refractivity contribution in [1.82, 2.24) is 10.2 Å². The molecule has 1 atom stereocenters. The van der Waals surface area contributed by atoms with Crippen LogP contribution in [0.4, 0.5) is 0 Å². The largest absolute Gasteiger partial charge is 0.354 e. The molecule has 0 radical (unpaired) electrons. The van der Waals surface area contributed by atoms with Gasteiger partial charge in [-0.2, -0.15) is 0 Å². The number of likely N-dealkylation sites (N-methyl/N-ethyl adjacent to an activating group) is 1. The van der Waals surface area contributed by atoms with E-state index in [1.54, 1.807) is 0 Å². The van der Waals surface area contributed by atoms with Crippen LogP contribution >= 0.6 is 0 Å². The third kappa shape index (κ3) is 3.95. The third-order valence-electron chi connectivity index (χ3n) is 5.16. The van der Waals surface area contributed by atoms with Gasteiger partial charge in [0.1, 0.15) is 0 Å². The molecule has 1 saturated carbocycles. The summed E-state index contributed by atoms with van der Waals surface area (Å²) in [5, 5.41) is 3.19. The highest BCUT2D eigenvalue weighted by Gasteiger charge is 2.40. The Morgan fingerprint density at radius 1 is 1.25 bits per heavy atom. The lowest BCUT2D eigenvalue weighted by atomic mass is 9.85. The lowest BCUT2D eigenvalue weighted by molar-refractivity contribution is -0.130. The van der Waals surface area contributed by atoms with Crippen molar-refractivity contribution in [3.63, 3.8) is 0 Å². The fourth-order valence-electron chi connectivity index (χ4n) is 3.56. The summed E-state index contributed by atoms with van der Waals surface area (Å²) in [4.78, 5) is 14.8. The van der Waals surface area contributed by atoms with E-state index in [4.69, 9.17) is 5.73 Å². The van der Waals surface area contributed by atoms with Crippen LogP contribution in [0.3, 0.4) is 0 Å². The van der Waals surface area contributed by atoms with E-state index in [0.717, 1.165) is 45.1 Å². The monoisotopic (exact) mass is 283 g/mol. The topological polar surface area (TPSA) is 58.4 Å². The van der Waals surface area contributed by atoms with Crippen LogP contribution in [0.5, 0.6) is 0 Å². The number of carbonyl (C=O) groups is 1. The van der Waals surface area contributed by atoms with Gasteiger partial charge >= 0.3 is 0 Å². The van der Waals surface area contributed by atoms with Crippen molar-refractivity contribution in [1.29, 1.82) is 0 Å². The zero-order valence-corrected chi connectivity index (χ0v) is 13.7. The fourth-order valence-corrected chi connectivity index (χ4v) is 3.56. The number of nitrogens with two attached hydrogens (primary N) is 1. The first-order valence-corrected chi connectivity index (χ1v) is 8.15. The zero-order valence-electron chi connectivity index (χ0n) is 13.7. The first-order valence-electron chi connectivity index (χ1n) is 8.15. The Morgan fingerprint density at radius 3 is 2.20 bits per heavy atom. The molecule has 0 aromatic rings. The van der Waals surface area contributed by atoms with Gasteiger partial charge in [-0.3, -0.25) is 4.79 Å². The van der Waals surface area contributed by atoms with Gasteiger partial charge in [-0.15, -0.1) is 0 Å². The minimum Gasteiger partial charge on any atom is -0.354 e. The molecule has 0 aromatic carbocycles. The van der Waals surface area contributed by atoms with Crippen molar-refractivity contribution in [2.45, 2.75) is 58.4 Å². The van der Waals surface area contributed by atoms with Gasteiger partial charge in [0.25, 0.3) is 0 Å². The zero-order chi connectivity index (χ0) is 15.2.